The van der Waals surface area contributed by atoms with E-state index in [0.717, 1.165) is 46.3 Å². The van der Waals surface area contributed by atoms with Crippen molar-refractivity contribution in [2.24, 2.45) is 0 Å². The molecule has 8 nitrogen and oxygen atoms in total. The van der Waals surface area contributed by atoms with Crippen molar-refractivity contribution in [2.75, 3.05) is 17.7 Å². The number of morpholine rings is 1. The molecular formula is C38H49N3O5Si. The zero-order valence-corrected chi connectivity index (χ0v) is 29.8. The maximum absolute atomic E-state index is 13.2. The number of hydrogen-bond acceptors (Lipinski definition) is 6. The Kier molecular flexibility index (Phi) is 9.37. The summed E-state index contributed by atoms with van der Waals surface area (Å²) >= 11 is 0. The van der Waals surface area contributed by atoms with Gasteiger partial charge in [-0.1, -0.05) is 75.4 Å². The number of aryl methyl sites for hydroxylation is 2. The Morgan fingerprint density at radius 3 is 2.26 bits per heavy atom. The van der Waals surface area contributed by atoms with Crippen molar-refractivity contribution in [1.29, 1.82) is 0 Å². The average molecular weight is 656 g/mol. The second kappa shape index (κ2) is 13.2. The lowest BCUT2D eigenvalue weighted by molar-refractivity contribution is -0.116. The summed E-state index contributed by atoms with van der Waals surface area (Å²) in [4.78, 5) is 28.6. The Hall–Kier alpha value is -3.50. The van der Waals surface area contributed by atoms with Crippen molar-refractivity contribution in [3.63, 3.8) is 0 Å². The molecule has 0 aliphatic carbocycles. The second-order valence-electron chi connectivity index (χ2n) is 15.0. The van der Waals surface area contributed by atoms with E-state index in [0.29, 0.717) is 37.2 Å². The first-order valence-electron chi connectivity index (χ1n) is 16.9. The van der Waals surface area contributed by atoms with Crippen LogP contribution in [0.25, 0.3) is 11.1 Å². The fourth-order valence-corrected chi connectivity index (χ4v) is 7.67. The summed E-state index contributed by atoms with van der Waals surface area (Å²) in [6.45, 7) is 13.8. The van der Waals surface area contributed by atoms with E-state index in [1.54, 1.807) is 0 Å². The quantitative estimate of drug-likeness (QED) is 0.170. The largest absolute Gasteiger partial charge is 0.446 e. The highest BCUT2D eigenvalue weighted by atomic mass is 28.4. The zero-order valence-electron chi connectivity index (χ0n) is 28.8. The van der Waals surface area contributed by atoms with Gasteiger partial charge in [-0.15, -0.1) is 0 Å². The number of rotatable bonds is 10. The van der Waals surface area contributed by atoms with Gasteiger partial charge in [0.2, 0.25) is 5.91 Å². The van der Waals surface area contributed by atoms with E-state index >= 15 is 0 Å². The number of ether oxygens (including phenoxy) is 2. The van der Waals surface area contributed by atoms with Gasteiger partial charge in [0.1, 0.15) is 18.3 Å². The molecular weight excluding hydrogens is 607 g/mol. The average Bonchev–Trinajstić information content (AvgIpc) is 3.79. The fraction of sp³-hybridized carbons (Fsp3) is 0.474. The van der Waals surface area contributed by atoms with Gasteiger partial charge < -0.3 is 19.2 Å². The summed E-state index contributed by atoms with van der Waals surface area (Å²) in [5, 5.41) is 6.27. The molecule has 3 aromatic rings. The monoisotopic (exact) mass is 655 g/mol. The highest BCUT2D eigenvalue weighted by Crippen LogP contribution is 2.48. The van der Waals surface area contributed by atoms with E-state index < -0.39 is 14.4 Å². The zero-order chi connectivity index (χ0) is 33.5. The molecule has 4 unspecified atom stereocenters. The van der Waals surface area contributed by atoms with Crippen LogP contribution in [0.1, 0.15) is 56.7 Å². The van der Waals surface area contributed by atoms with Gasteiger partial charge in [0.05, 0.1) is 12.3 Å². The molecule has 3 heterocycles. The Morgan fingerprint density at radius 1 is 0.915 bits per heavy atom. The lowest BCUT2D eigenvalue weighted by atomic mass is 9.99. The lowest BCUT2D eigenvalue weighted by Crippen LogP contribution is -2.48. The van der Waals surface area contributed by atoms with Gasteiger partial charge in [-0.3, -0.25) is 15.0 Å². The van der Waals surface area contributed by atoms with Crippen LogP contribution in [0.4, 0.5) is 16.2 Å². The van der Waals surface area contributed by atoms with Crippen LogP contribution in [0.2, 0.25) is 18.1 Å². The summed E-state index contributed by atoms with van der Waals surface area (Å²) in [6, 6.07) is 22.7. The fourth-order valence-electron chi connectivity index (χ4n) is 6.71. The van der Waals surface area contributed by atoms with Crippen LogP contribution in [0.5, 0.6) is 0 Å². The molecule has 47 heavy (non-hydrogen) atoms. The maximum atomic E-state index is 13.2. The van der Waals surface area contributed by atoms with Gasteiger partial charge >= 0.3 is 6.09 Å². The smallest absolute Gasteiger partial charge is 0.411 e. The van der Waals surface area contributed by atoms with Crippen molar-refractivity contribution in [1.82, 2.24) is 4.90 Å². The number of anilines is 2. The molecule has 0 saturated carbocycles. The third-order valence-corrected chi connectivity index (χ3v) is 15.1. The van der Waals surface area contributed by atoms with Crippen LogP contribution in [0.15, 0.2) is 66.7 Å². The molecule has 3 saturated heterocycles. The van der Waals surface area contributed by atoms with E-state index in [1.165, 1.54) is 0 Å². The molecule has 3 aromatic carbocycles. The first-order chi connectivity index (χ1) is 22.3. The molecule has 3 aliphatic rings. The van der Waals surface area contributed by atoms with Crippen molar-refractivity contribution in [2.45, 2.75) is 109 Å². The van der Waals surface area contributed by atoms with E-state index in [1.807, 2.05) is 67.6 Å². The third kappa shape index (κ3) is 7.48. The lowest BCUT2D eigenvalue weighted by Gasteiger charge is -2.37. The number of fused-ring (bicyclic) bond motifs is 5. The minimum absolute atomic E-state index is 0.0571. The predicted octanol–water partition coefficient (Wildman–Crippen LogP) is 7.92. The molecule has 2 N–H and O–H groups in total. The SMILES string of the molecule is Cc1cc(CO[Si](C)(C)C(C)(C)C)ccc1NC(=O)CCc1ccc(-c2ccccc2)c(NC(=O)OC2CC3C4OC4C(C2)N3C)c1. The number of carbonyl (C=O) groups excluding carboxylic acids is 2. The van der Waals surface area contributed by atoms with Crippen LogP contribution in [0, 0.1) is 6.92 Å². The minimum Gasteiger partial charge on any atom is -0.446 e. The Bertz CT molecular complexity index is 1600. The minimum atomic E-state index is -1.85. The van der Waals surface area contributed by atoms with Gasteiger partial charge in [-0.05, 0) is 72.9 Å². The number of nitrogens with zero attached hydrogens (tertiary/aromatic N) is 1. The van der Waals surface area contributed by atoms with Gasteiger partial charge in [0.15, 0.2) is 8.32 Å². The standard InChI is InChI=1S/C38H49N3O5Si/c1-24-19-26(23-44-47(6,7)38(2,3)4)14-17-30(24)39-34(42)18-15-25-13-16-29(27-11-9-8-10-12-27)31(20-25)40-37(43)45-28-21-32-35-36(46-35)33(22-28)41(32)5/h8-14,16-17,19-20,28,32-33,35-36H,15,18,21-23H2,1-7H3,(H,39,42)(H,40,43). The van der Waals surface area contributed by atoms with Crippen molar-refractivity contribution in [3.05, 3.63) is 83.4 Å². The van der Waals surface area contributed by atoms with Crippen LogP contribution in [-0.2, 0) is 31.7 Å². The Morgan fingerprint density at radius 2 is 1.60 bits per heavy atom. The first kappa shape index (κ1) is 33.4. The van der Waals surface area contributed by atoms with Crippen LogP contribution in [-0.4, -0.2) is 62.7 Å². The summed E-state index contributed by atoms with van der Waals surface area (Å²) in [5.41, 5.74) is 6.46. The molecule has 6 rings (SSSR count). The molecule has 0 radical (unpaired) electrons. The van der Waals surface area contributed by atoms with Gasteiger partial charge in [0.25, 0.3) is 0 Å². The predicted molar refractivity (Wildman–Crippen MR) is 189 cm³/mol. The number of carbonyl (C=O) groups is 2. The molecule has 0 spiro atoms. The second-order valence-corrected chi connectivity index (χ2v) is 19.8. The van der Waals surface area contributed by atoms with E-state index in [2.05, 4.69) is 62.5 Å². The highest BCUT2D eigenvalue weighted by molar-refractivity contribution is 6.74. The van der Waals surface area contributed by atoms with Crippen LogP contribution in [0.3, 0.4) is 0 Å². The van der Waals surface area contributed by atoms with Crippen molar-refractivity contribution >= 4 is 31.7 Å². The third-order valence-electron chi connectivity index (χ3n) is 10.7. The van der Waals surface area contributed by atoms with Crippen LogP contribution < -0.4 is 10.6 Å². The Balaban J connectivity index is 1.07. The summed E-state index contributed by atoms with van der Waals surface area (Å²) in [6.07, 6.45) is 2.41. The molecule has 3 aliphatic heterocycles. The molecule has 0 aromatic heterocycles. The molecule has 9 heteroatoms. The number of nitrogens with one attached hydrogen (secondary N) is 2. The van der Waals surface area contributed by atoms with Gasteiger partial charge in [-0.25, -0.2) is 4.79 Å². The van der Waals surface area contributed by atoms with Crippen molar-refractivity contribution < 1.29 is 23.5 Å². The molecule has 3 fully saturated rings. The Labute approximate surface area is 280 Å². The number of hydrogen-bond donors (Lipinski definition) is 2. The number of epoxide rings is 1. The highest BCUT2D eigenvalue weighted by Gasteiger charge is 2.62. The van der Waals surface area contributed by atoms with Crippen molar-refractivity contribution in [3.8, 4) is 11.1 Å². The molecule has 4 atom stereocenters. The maximum Gasteiger partial charge on any atom is 0.411 e. The number of likely N-dealkylation sites (N-methyl/N-ethyl adjacent to an activating group) is 1. The summed E-state index contributed by atoms with van der Waals surface area (Å²) in [7, 11) is 0.296. The normalized spacial score (nSPS) is 23.6. The van der Waals surface area contributed by atoms with E-state index in [4.69, 9.17) is 13.9 Å². The number of benzene rings is 3. The van der Waals surface area contributed by atoms with Gasteiger partial charge in [-0.2, -0.15) is 0 Å². The van der Waals surface area contributed by atoms with Crippen LogP contribution >= 0.6 is 0 Å². The summed E-state index contributed by atoms with van der Waals surface area (Å²) < 4.78 is 18.1. The summed E-state index contributed by atoms with van der Waals surface area (Å²) in [5.74, 6) is -0.0571. The topological polar surface area (TPSA) is 92.4 Å². The molecule has 250 valence electrons. The first-order valence-corrected chi connectivity index (χ1v) is 19.8. The van der Waals surface area contributed by atoms with Gasteiger partial charge in [0, 0.05) is 42.6 Å². The number of amides is 2. The van der Waals surface area contributed by atoms with E-state index in [9.17, 15) is 9.59 Å². The number of piperidine rings is 1. The molecule has 2 bridgehead atoms. The molecule has 2 amide bonds. The van der Waals surface area contributed by atoms with E-state index in [-0.39, 0.29) is 29.3 Å².